The summed E-state index contributed by atoms with van der Waals surface area (Å²) < 4.78 is 17.5. The van der Waals surface area contributed by atoms with Crippen LogP contribution in [0.4, 0.5) is 0 Å². The SMILES string of the molecule is COc1ccc(-c2nc(COC(=O)CCn3c(C)csc3=O)cs2)c(OC)c1. The van der Waals surface area contributed by atoms with Gasteiger partial charge in [-0.1, -0.05) is 11.3 Å². The molecule has 0 radical (unpaired) electrons. The van der Waals surface area contributed by atoms with Gasteiger partial charge in [0.1, 0.15) is 23.1 Å². The van der Waals surface area contributed by atoms with E-state index in [0.29, 0.717) is 23.7 Å². The van der Waals surface area contributed by atoms with E-state index in [2.05, 4.69) is 4.98 Å². The fraction of sp³-hybridized carbons (Fsp3) is 0.316. The lowest BCUT2D eigenvalue weighted by Crippen LogP contribution is -2.17. The summed E-state index contributed by atoms with van der Waals surface area (Å²) in [5.74, 6) is 0.995. The molecule has 0 aliphatic heterocycles. The number of esters is 1. The molecule has 0 fully saturated rings. The van der Waals surface area contributed by atoms with E-state index in [-0.39, 0.29) is 23.9 Å². The highest BCUT2D eigenvalue weighted by molar-refractivity contribution is 7.13. The van der Waals surface area contributed by atoms with Gasteiger partial charge in [0.25, 0.3) is 0 Å². The Labute approximate surface area is 170 Å². The third-order valence-corrected chi connectivity index (χ3v) is 5.89. The van der Waals surface area contributed by atoms with Crippen LogP contribution in [0, 0.1) is 6.92 Å². The monoisotopic (exact) mass is 420 g/mol. The molecule has 0 atom stereocenters. The van der Waals surface area contributed by atoms with Gasteiger partial charge in [-0.15, -0.1) is 11.3 Å². The highest BCUT2D eigenvalue weighted by Crippen LogP contribution is 2.35. The average Bonchev–Trinajstić information content (AvgIpc) is 3.31. The minimum Gasteiger partial charge on any atom is -0.497 e. The molecule has 7 nitrogen and oxygen atoms in total. The molecule has 9 heteroatoms. The van der Waals surface area contributed by atoms with E-state index in [1.807, 2.05) is 24.4 Å². The summed E-state index contributed by atoms with van der Waals surface area (Å²) in [4.78, 5) is 28.1. The smallest absolute Gasteiger partial charge is 0.307 e. The van der Waals surface area contributed by atoms with Crippen LogP contribution in [0.2, 0.25) is 0 Å². The lowest BCUT2D eigenvalue weighted by atomic mass is 10.2. The number of carbonyl (C=O) groups is 1. The van der Waals surface area contributed by atoms with Crippen molar-refractivity contribution in [1.29, 1.82) is 0 Å². The molecule has 0 saturated carbocycles. The molecule has 0 aliphatic carbocycles. The molecule has 0 amide bonds. The van der Waals surface area contributed by atoms with E-state index in [4.69, 9.17) is 14.2 Å². The first-order chi connectivity index (χ1) is 13.5. The second-order valence-corrected chi connectivity index (χ2v) is 7.59. The summed E-state index contributed by atoms with van der Waals surface area (Å²) in [5.41, 5.74) is 2.36. The third kappa shape index (κ3) is 4.60. The molecule has 0 unspecified atom stereocenters. The van der Waals surface area contributed by atoms with Crippen molar-refractivity contribution in [3.05, 3.63) is 50.0 Å². The molecule has 0 aliphatic rings. The van der Waals surface area contributed by atoms with Crippen molar-refractivity contribution in [2.75, 3.05) is 14.2 Å². The summed E-state index contributed by atoms with van der Waals surface area (Å²) in [6, 6.07) is 5.52. The first-order valence-electron chi connectivity index (χ1n) is 8.49. The van der Waals surface area contributed by atoms with Crippen LogP contribution in [-0.4, -0.2) is 29.7 Å². The van der Waals surface area contributed by atoms with Gasteiger partial charge < -0.3 is 18.8 Å². The zero-order chi connectivity index (χ0) is 20.1. The topological polar surface area (TPSA) is 79.7 Å². The van der Waals surface area contributed by atoms with Gasteiger partial charge in [0.2, 0.25) is 0 Å². The van der Waals surface area contributed by atoms with Crippen LogP contribution >= 0.6 is 22.7 Å². The zero-order valence-electron chi connectivity index (χ0n) is 15.8. The van der Waals surface area contributed by atoms with Crippen molar-refractivity contribution in [1.82, 2.24) is 9.55 Å². The molecule has 1 aromatic carbocycles. The van der Waals surface area contributed by atoms with Crippen LogP contribution in [-0.2, 0) is 22.7 Å². The van der Waals surface area contributed by atoms with Crippen LogP contribution < -0.4 is 14.3 Å². The maximum absolute atomic E-state index is 12.0. The standard InChI is InChI=1S/C19H20N2O5S2/c1-12-10-28-19(23)21(12)7-6-17(22)26-9-13-11-27-18(20-13)15-5-4-14(24-2)8-16(15)25-3/h4-5,8,10-11H,6-7,9H2,1-3H3. The number of nitrogens with zero attached hydrogens (tertiary/aromatic N) is 2. The van der Waals surface area contributed by atoms with Crippen LogP contribution in [0.1, 0.15) is 17.8 Å². The van der Waals surface area contributed by atoms with Gasteiger partial charge in [0, 0.05) is 29.1 Å². The number of aromatic nitrogens is 2. The molecule has 28 heavy (non-hydrogen) atoms. The quantitative estimate of drug-likeness (QED) is 0.519. The Balaban J connectivity index is 1.59. The summed E-state index contributed by atoms with van der Waals surface area (Å²) in [6.45, 7) is 2.25. The number of methoxy groups -OCH3 is 2. The van der Waals surface area contributed by atoms with Crippen molar-refractivity contribution in [3.8, 4) is 22.1 Å². The van der Waals surface area contributed by atoms with E-state index in [1.165, 1.54) is 11.3 Å². The molecule has 2 aromatic heterocycles. The van der Waals surface area contributed by atoms with Crippen LogP contribution in [0.25, 0.3) is 10.6 Å². The zero-order valence-corrected chi connectivity index (χ0v) is 17.4. The Bertz CT molecular complexity index is 1020. The maximum Gasteiger partial charge on any atom is 0.307 e. The number of ether oxygens (including phenoxy) is 3. The van der Waals surface area contributed by atoms with Crippen molar-refractivity contribution >= 4 is 28.6 Å². The average molecular weight is 421 g/mol. The molecule has 148 valence electrons. The van der Waals surface area contributed by atoms with E-state index in [1.54, 1.807) is 30.2 Å². The van der Waals surface area contributed by atoms with E-state index >= 15 is 0 Å². The first-order valence-corrected chi connectivity index (χ1v) is 10.2. The molecule has 0 N–H and O–H groups in total. The number of carbonyl (C=O) groups excluding carboxylic acids is 1. The molecule has 2 heterocycles. The number of hydrogen-bond donors (Lipinski definition) is 0. The minimum absolute atomic E-state index is 0.0668. The molecule has 3 rings (SSSR count). The number of thiazole rings is 2. The van der Waals surface area contributed by atoms with Crippen LogP contribution in [0.15, 0.2) is 33.8 Å². The van der Waals surface area contributed by atoms with Gasteiger partial charge in [-0.3, -0.25) is 9.59 Å². The predicted molar refractivity (Wildman–Crippen MR) is 108 cm³/mol. The number of benzene rings is 1. The fourth-order valence-corrected chi connectivity index (χ4v) is 4.17. The molecular weight excluding hydrogens is 400 g/mol. The van der Waals surface area contributed by atoms with Gasteiger partial charge in [-0.05, 0) is 19.1 Å². The van der Waals surface area contributed by atoms with Gasteiger partial charge in [-0.2, -0.15) is 0 Å². The van der Waals surface area contributed by atoms with Crippen molar-refractivity contribution in [2.24, 2.45) is 0 Å². The number of hydrogen-bond acceptors (Lipinski definition) is 8. The molecular formula is C19H20N2O5S2. The summed E-state index contributed by atoms with van der Waals surface area (Å²) in [6.07, 6.45) is 0.140. The second-order valence-electron chi connectivity index (χ2n) is 5.92. The summed E-state index contributed by atoms with van der Waals surface area (Å²) in [5, 5.41) is 4.39. The Morgan fingerprint density at radius 1 is 1.18 bits per heavy atom. The van der Waals surface area contributed by atoms with Gasteiger partial charge in [0.05, 0.1) is 31.9 Å². The van der Waals surface area contributed by atoms with E-state index in [0.717, 1.165) is 27.6 Å². The van der Waals surface area contributed by atoms with Crippen LogP contribution in [0.3, 0.4) is 0 Å². The highest BCUT2D eigenvalue weighted by atomic mass is 32.1. The predicted octanol–water partition coefficient (Wildman–Crippen LogP) is 3.49. The fourth-order valence-electron chi connectivity index (χ4n) is 2.58. The lowest BCUT2D eigenvalue weighted by Gasteiger charge is -2.08. The third-order valence-electron chi connectivity index (χ3n) is 4.09. The minimum atomic E-state index is -0.367. The van der Waals surface area contributed by atoms with Crippen molar-refractivity contribution in [2.45, 2.75) is 26.5 Å². The molecule has 0 spiro atoms. The van der Waals surface area contributed by atoms with Crippen molar-refractivity contribution in [3.63, 3.8) is 0 Å². The maximum atomic E-state index is 12.0. The van der Waals surface area contributed by atoms with Gasteiger partial charge in [0.15, 0.2) is 0 Å². The van der Waals surface area contributed by atoms with Gasteiger partial charge >= 0.3 is 10.8 Å². The van der Waals surface area contributed by atoms with E-state index in [9.17, 15) is 9.59 Å². The normalized spacial score (nSPS) is 10.7. The summed E-state index contributed by atoms with van der Waals surface area (Å²) >= 11 is 2.57. The molecule has 0 saturated heterocycles. The largest absolute Gasteiger partial charge is 0.497 e. The molecule has 0 bridgehead atoms. The second kappa shape index (κ2) is 9.03. The summed E-state index contributed by atoms with van der Waals surface area (Å²) in [7, 11) is 3.19. The number of rotatable bonds is 8. The van der Waals surface area contributed by atoms with Crippen LogP contribution in [0.5, 0.6) is 11.5 Å². The van der Waals surface area contributed by atoms with E-state index < -0.39 is 0 Å². The van der Waals surface area contributed by atoms with Crippen molar-refractivity contribution < 1.29 is 19.0 Å². The number of aryl methyl sites for hydroxylation is 1. The molecule has 3 aromatic rings. The van der Waals surface area contributed by atoms with Gasteiger partial charge in [-0.25, -0.2) is 4.98 Å². The Morgan fingerprint density at radius 3 is 2.68 bits per heavy atom. The Hall–Kier alpha value is -2.65. The highest BCUT2D eigenvalue weighted by Gasteiger charge is 2.13. The lowest BCUT2D eigenvalue weighted by molar-refractivity contribution is -0.145. The Morgan fingerprint density at radius 2 is 2.00 bits per heavy atom. The first kappa shape index (κ1) is 20.1. The Kier molecular flexibility index (Phi) is 6.48.